The highest BCUT2D eigenvalue weighted by molar-refractivity contribution is 8.00. The van der Waals surface area contributed by atoms with E-state index in [-0.39, 0.29) is 10.5 Å². The second-order valence-electron chi connectivity index (χ2n) is 3.26. The largest absolute Gasteiger partial charge is 0.549 e. The smallest absolute Gasteiger partial charge is 0.280 e. The third kappa shape index (κ3) is 3.17. The molecule has 0 aliphatic rings. The van der Waals surface area contributed by atoms with Crippen molar-refractivity contribution in [3.63, 3.8) is 0 Å². The molecule has 0 aliphatic carbocycles. The molecule has 0 N–H and O–H groups in total. The number of hydrogen-bond acceptors (Lipinski definition) is 7. The zero-order valence-electron chi connectivity index (χ0n) is 9.11. The summed E-state index contributed by atoms with van der Waals surface area (Å²) in [4.78, 5) is 30.3. The molecule has 0 radical (unpaired) electrons. The van der Waals surface area contributed by atoms with Gasteiger partial charge < -0.3 is 9.90 Å². The van der Waals surface area contributed by atoms with Crippen molar-refractivity contribution in [2.45, 2.75) is 11.8 Å². The Kier molecular flexibility index (Phi) is 4.21. The van der Waals surface area contributed by atoms with Crippen molar-refractivity contribution in [2.75, 3.05) is 5.75 Å². The number of nitro benzene ring substituents is 2. The Morgan fingerprint density at radius 2 is 1.89 bits per heavy atom. The SMILES string of the molecule is Cc1c(SCC(=O)[O-])cc([N+](=O)[O-])cc1[N+](=O)[O-]. The number of non-ortho nitro benzene ring substituents is 1. The number of thioether (sulfide) groups is 1. The lowest BCUT2D eigenvalue weighted by molar-refractivity contribution is -0.394. The van der Waals surface area contributed by atoms with Gasteiger partial charge in [-0.05, 0) is 6.92 Å². The number of nitro groups is 2. The minimum absolute atomic E-state index is 0.181. The van der Waals surface area contributed by atoms with Gasteiger partial charge >= 0.3 is 0 Å². The van der Waals surface area contributed by atoms with Gasteiger partial charge in [0.15, 0.2) is 0 Å². The van der Waals surface area contributed by atoms with Crippen molar-refractivity contribution in [1.82, 2.24) is 0 Å². The number of rotatable bonds is 5. The third-order valence-electron chi connectivity index (χ3n) is 2.07. The maximum absolute atomic E-state index is 10.7. The Hall–Kier alpha value is -2.16. The summed E-state index contributed by atoms with van der Waals surface area (Å²) in [6.07, 6.45) is 0. The first kappa shape index (κ1) is 13.9. The minimum Gasteiger partial charge on any atom is -0.549 e. The number of carbonyl (C=O) groups is 1. The van der Waals surface area contributed by atoms with E-state index in [1.165, 1.54) is 6.92 Å². The number of carbonyl (C=O) groups excluding carboxylic acids is 1. The first-order valence-electron chi connectivity index (χ1n) is 4.59. The van der Waals surface area contributed by atoms with Crippen LogP contribution in [0.4, 0.5) is 11.4 Å². The molecule has 0 saturated heterocycles. The fourth-order valence-corrected chi connectivity index (χ4v) is 2.04. The topological polar surface area (TPSA) is 126 Å². The molecule has 18 heavy (non-hydrogen) atoms. The van der Waals surface area contributed by atoms with E-state index in [0.717, 1.165) is 23.9 Å². The Morgan fingerprint density at radius 1 is 1.28 bits per heavy atom. The molecular formula is C9H7N2O6S-. The van der Waals surface area contributed by atoms with Crippen LogP contribution in [0.15, 0.2) is 17.0 Å². The molecule has 0 aliphatic heterocycles. The first-order chi connectivity index (χ1) is 8.32. The monoisotopic (exact) mass is 271 g/mol. The lowest BCUT2D eigenvalue weighted by atomic mass is 10.2. The zero-order chi connectivity index (χ0) is 13.9. The van der Waals surface area contributed by atoms with E-state index in [1.807, 2.05) is 0 Å². The van der Waals surface area contributed by atoms with Crippen LogP contribution in [0.3, 0.4) is 0 Å². The number of benzene rings is 1. The number of aliphatic carboxylic acids is 1. The van der Waals surface area contributed by atoms with Gasteiger partial charge in [-0.2, -0.15) is 0 Å². The Morgan fingerprint density at radius 3 is 2.33 bits per heavy atom. The third-order valence-corrected chi connectivity index (χ3v) is 3.19. The van der Waals surface area contributed by atoms with Crippen molar-refractivity contribution in [3.8, 4) is 0 Å². The van der Waals surface area contributed by atoms with E-state index in [1.54, 1.807) is 0 Å². The number of hydrogen-bond donors (Lipinski definition) is 0. The molecule has 0 amide bonds. The summed E-state index contributed by atoms with van der Waals surface area (Å²) in [5.74, 6) is -1.78. The van der Waals surface area contributed by atoms with Crippen molar-refractivity contribution < 1.29 is 19.7 Å². The number of nitrogens with zero attached hydrogens (tertiary/aromatic N) is 2. The summed E-state index contributed by atoms with van der Waals surface area (Å²) in [6, 6.07) is 1.95. The van der Waals surface area contributed by atoms with Crippen molar-refractivity contribution in [2.24, 2.45) is 0 Å². The summed E-state index contributed by atoms with van der Waals surface area (Å²) in [6.45, 7) is 1.40. The molecule has 0 atom stereocenters. The summed E-state index contributed by atoms with van der Waals surface area (Å²) < 4.78 is 0. The predicted molar refractivity (Wildman–Crippen MR) is 60.2 cm³/mol. The van der Waals surface area contributed by atoms with E-state index >= 15 is 0 Å². The van der Waals surface area contributed by atoms with Gasteiger partial charge in [0.2, 0.25) is 0 Å². The van der Waals surface area contributed by atoms with Gasteiger partial charge in [0.05, 0.1) is 21.9 Å². The Labute approximate surface area is 105 Å². The van der Waals surface area contributed by atoms with Gasteiger partial charge in [-0.15, -0.1) is 11.8 Å². The van der Waals surface area contributed by atoms with Crippen LogP contribution in [0.25, 0.3) is 0 Å². The van der Waals surface area contributed by atoms with Gasteiger partial charge in [-0.1, -0.05) is 0 Å². The standard InChI is InChI=1S/C9H8N2O6S/c1-5-7(11(16)17)2-6(10(14)15)3-8(5)18-4-9(12)13/h2-3H,4H2,1H3,(H,12,13)/p-1. The van der Waals surface area contributed by atoms with Crippen LogP contribution in [0.5, 0.6) is 0 Å². The molecule has 0 fully saturated rings. The van der Waals surface area contributed by atoms with Crippen LogP contribution in [0.2, 0.25) is 0 Å². The van der Waals surface area contributed by atoms with Gasteiger partial charge in [-0.25, -0.2) is 0 Å². The molecule has 0 saturated carbocycles. The zero-order valence-corrected chi connectivity index (χ0v) is 9.93. The summed E-state index contributed by atoms with van der Waals surface area (Å²) in [5, 5.41) is 31.7. The van der Waals surface area contributed by atoms with Gasteiger partial charge in [0.1, 0.15) is 0 Å². The molecule has 0 aromatic heterocycles. The summed E-state index contributed by atoms with van der Waals surface area (Å²) in [7, 11) is 0. The highest BCUT2D eigenvalue weighted by Crippen LogP contribution is 2.33. The highest BCUT2D eigenvalue weighted by atomic mass is 32.2. The lowest BCUT2D eigenvalue weighted by Gasteiger charge is -2.06. The molecular weight excluding hydrogens is 264 g/mol. The van der Waals surface area contributed by atoms with Crippen LogP contribution in [-0.4, -0.2) is 21.6 Å². The molecule has 1 aromatic rings. The first-order valence-corrected chi connectivity index (χ1v) is 5.57. The van der Waals surface area contributed by atoms with Crippen LogP contribution >= 0.6 is 11.8 Å². The van der Waals surface area contributed by atoms with E-state index in [0.29, 0.717) is 0 Å². The maximum Gasteiger partial charge on any atom is 0.280 e. The van der Waals surface area contributed by atoms with Gasteiger partial charge in [-0.3, -0.25) is 20.2 Å². The predicted octanol–water partition coefficient (Wildman–Crippen LogP) is 0.653. The van der Waals surface area contributed by atoms with Crippen molar-refractivity contribution in [3.05, 3.63) is 37.9 Å². The van der Waals surface area contributed by atoms with Gasteiger partial charge in [0.25, 0.3) is 11.4 Å². The van der Waals surface area contributed by atoms with Crippen molar-refractivity contribution >= 4 is 29.1 Å². The van der Waals surface area contributed by atoms with E-state index in [4.69, 9.17) is 0 Å². The fourth-order valence-electron chi connectivity index (χ4n) is 1.24. The van der Waals surface area contributed by atoms with Crippen LogP contribution in [-0.2, 0) is 4.79 Å². The summed E-state index contributed by atoms with van der Waals surface area (Å²) >= 11 is 0.747. The number of carboxylic acid groups (broad SMARTS) is 1. The second-order valence-corrected chi connectivity index (χ2v) is 4.28. The molecule has 96 valence electrons. The van der Waals surface area contributed by atoms with Crippen LogP contribution < -0.4 is 5.11 Å². The quantitative estimate of drug-likeness (QED) is 0.437. The molecule has 9 heteroatoms. The minimum atomic E-state index is -1.35. The molecule has 1 rings (SSSR count). The average molecular weight is 271 g/mol. The average Bonchev–Trinajstić information content (AvgIpc) is 2.26. The van der Waals surface area contributed by atoms with E-state index in [2.05, 4.69) is 0 Å². The van der Waals surface area contributed by atoms with Crippen molar-refractivity contribution in [1.29, 1.82) is 0 Å². The highest BCUT2D eigenvalue weighted by Gasteiger charge is 2.21. The molecule has 0 heterocycles. The Bertz CT molecular complexity index is 530. The van der Waals surface area contributed by atoms with Crippen LogP contribution in [0, 0.1) is 27.2 Å². The van der Waals surface area contributed by atoms with E-state index in [9.17, 15) is 30.1 Å². The molecule has 1 aromatic carbocycles. The maximum atomic E-state index is 10.7. The molecule has 0 unspecified atom stereocenters. The molecule has 8 nitrogen and oxygen atoms in total. The van der Waals surface area contributed by atoms with E-state index < -0.39 is 32.9 Å². The lowest BCUT2D eigenvalue weighted by Crippen LogP contribution is -2.24. The molecule has 0 bridgehead atoms. The van der Waals surface area contributed by atoms with Gasteiger partial charge in [0, 0.05) is 22.3 Å². The van der Waals surface area contributed by atoms with Crippen LogP contribution in [0.1, 0.15) is 5.56 Å². The fraction of sp³-hybridized carbons (Fsp3) is 0.222. The number of carboxylic acids is 1. The molecule has 0 spiro atoms. The Balaban J connectivity index is 3.26. The normalized spacial score (nSPS) is 10.1. The summed E-state index contributed by atoms with van der Waals surface area (Å²) in [5.41, 5.74) is -0.671. The second kappa shape index (κ2) is 5.45.